The average molecular weight is 234 g/mol. The smallest absolute Gasteiger partial charge is 0.253 e. The summed E-state index contributed by atoms with van der Waals surface area (Å²) in [6, 6.07) is 5.47. The van der Waals surface area contributed by atoms with Crippen LogP contribution >= 0.6 is 0 Å². The third-order valence-corrected chi connectivity index (χ3v) is 3.18. The molecule has 0 bridgehead atoms. The Morgan fingerprint density at radius 1 is 1.53 bits per heavy atom. The van der Waals surface area contributed by atoms with E-state index >= 15 is 0 Å². The second kappa shape index (κ2) is 4.75. The number of nitrogen functional groups attached to an aromatic ring is 1. The number of carbonyl (C=O) groups is 1. The first-order chi connectivity index (χ1) is 8.08. The molecule has 3 N–H and O–H groups in total. The van der Waals surface area contributed by atoms with Crippen molar-refractivity contribution in [2.45, 2.75) is 26.4 Å². The number of carbonyl (C=O) groups excluding carboxylic acids is 1. The largest absolute Gasteiger partial charge is 0.399 e. The maximum Gasteiger partial charge on any atom is 0.253 e. The van der Waals surface area contributed by atoms with E-state index in [0.717, 1.165) is 23.4 Å². The quantitative estimate of drug-likeness (QED) is 0.769. The highest BCUT2D eigenvalue weighted by molar-refractivity contribution is 5.94. The highest BCUT2D eigenvalue weighted by Gasteiger charge is 2.30. The Labute approximate surface area is 101 Å². The van der Waals surface area contributed by atoms with E-state index < -0.39 is 0 Å². The molecule has 2 unspecified atom stereocenters. The van der Waals surface area contributed by atoms with Crippen molar-refractivity contribution in [3.8, 4) is 0 Å². The van der Waals surface area contributed by atoms with Crippen molar-refractivity contribution < 1.29 is 9.53 Å². The molecule has 92 valence electrons. The predicted octanol–water partition coefficient (Wildman–Crippen LogP) is 1.94. The summed E-state index contributed by atoms with van der Waals surface area (Å²) >= 11 is 0. The van der Waals surface area contributed by atoms with Gasteiger partial charge in [-0.1, -0.05) is 6.92 Å². The monoisotopic (exact) mass is 234 g/mol. The van der Waals surface area contributed by atoms with E-state index in [2.05, 4.69) is 5.32 Å². The molecule has 1 aromatic carbocycles. The van der Waals surface area contributed by atoms with Gasteiger partial charge in [-0.05, 0) is 43.0 Å². The van der Waals surface area contributed by atoms with Crippen LogP contribution in [-0.2, 0) is 9.53 Å². The van der Waals surface area contributed by atoms with Crippen molar-refractivity contribution in [1.29, 1.82) is 0 Å². The molecule has 1 fully saturated rings. The molecule has 0 saturated carbocycles. The standard InChI is InChI=1S/C13H18N2O2/c1-8-5-6-17-12(8)13(16)15-10-3-4-11(14)9(2)7-10/h3-4,7-8,12H,5-6,14H2,1-2H3,(H,15,16). The number of rotatable bonds is 2. The van der Waals surface area contributed by atoms with Crippen LogP contribution in [0, 0.1) is 12.8 Å². The lowest BCUT2D eigenvalue weighted by Gasteiger charge is -2.15. The minimum Gasteiger partial charge on any atom is -0.399 e. The summed E-state index contributed by atoms with van der Waals surface area (Å²) in [6.07, 6.45) is 0.617. The van der Waals surface area contributed by atoms with Gasteiger partial charge in [0.05, 0.1) is 0 Å². The van der Waals surface area contributed by atoms with Crippen molar-refractivity contribution in [1.82, 2.24) is 0 Å². The van der Waals surface area contributed by atoms with E-state index in [1.54, 1.807) is 12.1 Å². The molecule has 1 saturated heterocycles. The van der Waals surface area contributed by atoms with Crippen LogP contribution in [0.15, 0.2) is 18.2 Å². The normalized spacial score (nSPS) is 23.6. The Hall–Kier alpha value is -1.55. The van der Waals surface area contributed by atoms with Crippen LogP contribution < -0.4 is 11.1 Å². The zero-order valence-electron chi connectivity index (χ0n) is 10.2. The van der Waals surface area contributed by atoms with Gasteiger partial charge in [-0.25, -0.2) is 0 Å². The minimum atomic E-state index is -0.326. The molecule has 1 heterocycles. The number of ether oxygens (including phenoxy) is 1. The molecule has 1 aromatic rings. The lowest BCUT2D eigenvalue weighted by molar-refractivity contribution is -0.126. The molecule has 2 rings (SSSR count). The Morgan fingerprint density at radius 2 is 2.29 bits per heavy atom. The summed E-state index contributed by atoms with van der Waals surface area (Å²) in [4.78, 5) is 12.0. The van der Waals surface area contributed by atoms with Gasteiger partial charge in [0.1, 0.15) is 6.10 Å². The molecule has 1 amide bonds. The predicted molar refractivity (Wildman–Crippen MR) is 67.7 cm³/mol. The van der Waals surface area contributed by atoms with E-state index in [4.69, 9.17) is 10.5 Å². The average Bonchev–Trinajstić information content (AvgIpc) is 2.70. The zero-order chi connectivity index (χ0) is 12.4. The fourth-order valence-corrected chi connectivity index (χ4v) is 2.00. The molecule has 17 heavy (non-hydrogen) atoms. The first kappa shape index (κ1) is 11.9. The van der Waals surface area contributed by atoms with Gasteiger partial charge in [0.15, 0.2) is 0 Å². The first-order valence-corrected chi connectivity index (χ1v) is 5.86. The molecule has 4 heteroatoms. The van der Waals surface area contributed by atoms with Gasteiger partial charge < -0.3 is 15.8 Å². The molecular formula is C13H18N2O2. The van der Waals surface area contributed by atoms with Gasteiger partial charge in [-0.3, -0.25) is 4.79 Å². The number of nitrogens with one attached hydrogen (secondary N) is 1. The molecular weight excluding hydrogens is 216 g/mol. The van der Waals surface area contributed by atoms with Crippen LogP contribution in [0.5, 0.6) is 0 Å². The van der Waals surface area contributed by atoms with Crippen LogP contribution in [0.3, 0.4) is 0 Å². The Bertz CT molecular complexity index is 431. The second-order valence-electron chi connectivity index (χ2n) is 4.62. The maximum atomic E-state index is 12.0. The Balaban J connectivity index is 2.05. The van der Waals surface area contributed by atoms with Gasteiger partial charge in [-0.15, -0.1) is 0 Å². The van der Waals surface area contributed by atoms with Gasteiger partial charge in [0.25, 0.3) is 5.91 Å². The van der Waals surface area contributed by atoms with Crippen LogP contribution in [0.25, 0.3) is 0 Å². The first-order valence-electron chi connectivity index (χ1n) is 5.86. The van der Waals surface area contributed by atoms with Crippen molar-refractivity contribution in [3.63, 3.8) is 0 Å². The number of aryl methyl sites for hydroxylation is 1. The highest BCUT2D eigenvalue weighted by atomic mass is 16.5. The third kappa shape index (κ3) is 2.58. The third-order valence-electron chi connectivity index (χ3n) is 3.18. The molecule has 0 aromatic heterocycles. The highest BCUT2D eigenvalue weighted by Crippen LogP contribution is 2.22. The van der Waals surface area contributed by atoms with Crippen molar-refractivity contribution in [2.75, 3.05) is 17.7 Å². The van der Waals surface area contributed by atoms with E-state index in [1.807, 2.05) is 19.9 Å². The topological polar surface area (TPSA) is 64.3 Å². The Morgan fingerprint density at radius 3 is 2.88 bits per heavy atom. The van der Waals surface area contributed by atoms with Gasteiger partial charge >= 0.3 is 0 Å². The van der Waals surface area contributed by atoms with Crippen molar-refractivity contribution in [2.24, 2.45) is 5.92 Å². The number of amides is 1. The molecule has 0 aliphatic carbocycles. The second-order valence-corrected chi connectivity index (χ2v) is 4.62. The van der Waals surface area contributed by atoms with E-state index in [0.29, 0.717) is 6.61 Å². The fraction of sp³-hybridized carbons (Fsp3) is 0.462. The van der Waals surface area contributed by atoms with Crippen molar-refractivity contribution >= 4 is 17.3 Å². The van der Waals surface area contributed by atoms with E-state index in [9.17, 15) is 4.79 Å². The molecule has 1 aliphatic heterocycles. The number of hydrogen-bond acceptors (Lipinski definition) is 3. The van der Waals surface area contributed by atoms with Crippen LogP contribution in [0.4, 0.5) is 11.4 Å². The van der Waals surface area contributed by atoms with Gasteiger partial charge in [0, 0.05) is 18.0 Å². The summed E-state index contributed by atoms with van der Waals surface area (Å²) < 4.78 is 5.42. The fourth-order valence-electron chi connectivity index (χ4n) is 2.00. The lowest BCUT2D eigenvalue weighted by atomic mass is 10.0. The zero-order valence-corrected chi connectivity index (χ0v) is 10.2. The number of hydrogen-bond donors (Lipinski definition) is 2. The van der Waals surface area contributed by atoms with Crippen LogP contribution in [0.2, 0.25) is 0 Å². The van der Waals surface area contributed by atoms with Crippen molar-refractivity contribution in [3.05, 3.63) is 23.8 Å². The molecule has 0 radical (unpaired) electrons. The SMILES string of the molecule is Cc1cc(NC(=O)C2OCCC2C)ccc1N. The Kier molecular flexibility index (Phi) is 3.33. The summed E-state index contributed by atoms with van der Waals surface area (Å²) in [5, 5.41) is 2.86. The molecule has 4 nitrogen and oxygen atoms in total. The van der Waals surface area contributed by atoms with E-state index in [-0.39, 0.29) is 17.9 Å². The summed E-state index contributed by atoms with van der Waals surface area (Å²) in [6.45, 7) is 4.62. The molecule has 0 spiro atoms. The number of benzene rings is 1. The minimum absolute atomic E-state index is 0.0702. The van der Waals surface area contributed by atoms with Crippen LogP contribution in [0.1, 0.15) is 18.9 Å². The molecule has 2 atom stereocenters. The van der Waals surface area contributed by atoms with Gasteiger partial charge in [-0.2, -0.15) is 0 Å². The molecule has 1 aliphatic rings. The number of nitrogens with two attached hydrogens (primary N) is 1. The van der Waals surface area contributed by atoms with Crippen LogP contribution in [-0.4, -0.2) is 18.6 Å². The summed E-state index contributed by atoms with van der Waals surface area (Å²) in [5.74, 6) is 0.212. The summed E-state index contributed by atoms with van der Waals surface area (Å²) in [7, 11) is 0. The van der Waals surface area contributed by atoms with E-state index in [1.165, 1.54) is 0 Å². The lowest BCUT2D eigenvalue weighted by Crippen LogP contribution is -2.31. The van der Waals surface area contributed by atoms with Gasteiger partial charge in [0.2, 0.25) is 0 Å². The maximum absolute atomic E-state index is 12.0. The summed E-state index contributed by atoms with van der Waals surface area (Å²) in [5.41, 5.74) is 8.19. The number of anilines is 2.